The highest BCUT2D eigenvalue weighted by molar-refractivity contribution is 5.87. The number of ketones is 1. The van der Waals surface area contributed by atoms with Gasteiger partial charge in [0.2, 0.25) is 11.7 Å². The van der Waals surface area contributed by atoms with Gasteiger partial charge in [0.25, 0.3) is 0 Å². The van der Waals surface area contributed by atoms with E-state index in [0.29, 0.717) is 69.6 Å². The Morgan fingerprint density at radius 1 is 1.02 bits per heavy atom. The SMILES string of the molecule is CNC(=O)CCCC1CCN(c2cc(N3CCC[C@H]3C(=O)CCCc3ccc(C#N)cc3)nc(C(F)(F)F)n2)CC1. The number of nitrogens with zero attached hydrogens (tertiary/aromatic N) is 5. The molecule has 2 aromatic rings. The van der Waals surface area contributed by atoms with Gasteiger partial charge in [-0.1, -0.05) is 12.1 Å². The number of benzene rings is 1. The number of nitriles is 1. The molecule has 1 N–H and O–H groups in total. The molecule has 0 bridgehead atoms. The van der Waals surface area contributed by atoms with Crippen LogP contribution in [-0.2, 0) is 22.2 Å². The number of amides is 1. The summed E-state index contributed by atoms with van der Waals surface area (Å²) in [5.74, 6) is -0.355. The average molecular weight is 571 g/mol. The van der Waals surface area contributed by atoms with E-state index in [1.54, 1.807) is 30.1 Å². The molecule has 2 fully saturated rings. The molecule has 3 heterocycles. The van der Waals surface area contributed by atoms with Gasteiger partial charge in [-0.05, 0) is 75.0 Å². The van der Waals surface area contributed by atoms with Crippen molar-refractivity contribution in [2.45, 2.75) is 76.4 Å². The zero-order valence-corrected chi connectivity index (χ0v) is 23.4. The van der Waals surface area contributed by atoms with Crippen LogP contribution in [0.25, 0.3) is 0 Å². The molecular formula is C30H37F3N6O2. The average Bonchev–Trinajstić information content (AvgIpc) is 3.47. The maximum atomic E-state index is 13.8. The van der Waals surface area contributed by atoms with E-state index in [9.17, 15) is 22.8 Å². The van der Waals surface area contributed by atoms with Gasteiger partial charge in [0.05, 0.1) is 17.7 Å². The Bertz CT molecular complexity index is 1240. The Labute approximate surface area is 238 Å². The fourth-order valence-electron chi connectivity index (χ4n) is 5.74. The molecule has 0 unspecified atom stereocenters. The number of halogens is 3. The summed E-state index contributed by atoms with van der Waals surface area (Å²) in [6, 6.07) is 10.4. The monoisotopic (exact) mass is 570 g/mol. The van der Waals surface area contributed by atoms with Crippen LogP contribution in [0.1, 0.15) is 74.7 Å². The van der Waals surface area contributed by atoms with Crippen LogP contribution in [0, 0.1) is 17.2 Å². The lowest BCUT2D eigenvalue weighted by molar-refractivity contribution is -0.144. The molecule has 0 saturated carbocycles. The lowest BCUT2D eigenvalue weighted by Gasteiger charge is -2.34. The maximum absolute atomic E-state index is 13.8. The number of hydrogen-bond acceptors (Lipinski definition) is 7. The van der Waals surface area contributed by atoms with Crippen molar-refractivity contribution in [3.63, 3.8) is 0 Å². The van der Waals surface area contributed by atoms with Crippen molar-refractivity contribution >= 4 is 23.3 Å². The van der Waals surface area contributed by atoms with Crippen molar-refractivity contribution in [3.05, 3.63) is 47.3 Å². The lowest BCUT2D eigenvalue weighted by Crippen LogP contribution is -2.38. The number of aryl methyl sites for hydroxylation is 1. The minimum atomic E-state index is -4.71. The predicted octanol–water partition coefficient (Wildman–Crippen LogP) is 5.06. The van der Waals surface area contributed by atoms with Gasteiger partial charge >= 0.3 is 6.18 Å². The zero-order valence-electron chi connectivity index (χ0n) is 23.4. The van der Waals surface area contributed by atoms with E-state index in [1.807, 2.05) is 17.0 Å². The molecule has 41 heavy (non-hydrogen) atoms. The summed E-state index contributed by atoms with van der Waals surface area (Å²) in [6.45, 7) is 1.62. The van der Waals surface area contributed by atoms with Crippen LogP contribution in [0.15, 0.2) is 30.3 Å². The molecule has 4 rings (SSSR count). The second kappa shape index (κ2) is 13.8. The predicted molar refractivity (Wildman–Crippen MR) is 149 cm³/mol. The van der Waals surface area contributed by atoms with Crippen LogP contribution in [0.3, 0.4) is 0 Å². The lowest BCUT2D eigenvalue weighted by atomic mass is 9.91. The fourth-order valence-corrected chi connectivity index (χ4v) is 5.74. The molecule has 1 aromatic heterocycles. The number of Topliss-reactive ketones (excluding diaryl/α,β-unsaturated/α-hetero) is 1. The maximum Gasteiger partial charge on any atom is 0.451 e. The highest BCUT2D eigenvalue weighted by Crippen LogP contribution is 2.34. The van der Waals surface area contributed by atoms with Crippen LogP contribution in [0.4, 0.5) is 24.8 Å². The molecule has 2 aliphatic heterocycles. The Morgan fingerprint density at radius 2 is 1.73 bits per heavy atom. The first-order valence-electron chi connectivity index (χ1n) is 14.4. The van der Waals surface area contributed by atoms with E-state index in [2.05, 4.69) is 21.4 Å². The Morgan fingerprint density at radius 3 is 2.39 bits per heavy atom. The molecule has 1 aromatic carbocycles. The molecule has 2 saturated heterocycles. The molecule has 0 radical (unpaired) electrons. The van der Waals surface area contributed by atoms with E-state index in [0.717, 1.165) is 31.2 Å². The smallest absolute Gasteiger partial charge is 0.359 e. The topological polar surface area (TPSA) is 102 Å². The molecule has 2 aliphatic rings. The first-order chi connectivity index (χ1) is 19.7. The summed E-state index contributed by atoms with van der Waals surface area (Å²) in [6.07, 6.45) is 2.01. The van der Waals surface area contributed by atoms with Crippen molar-refractivity contribution < 1.29 is 22.8 Å². The zero-order chi connectivity index (χ0) is 29.4. The molecule has 0 spiro atoms. The molecule has 0 aliphatic carbocycles. The molecule has 8 nitrogen and oxygen atoms in total. The van der Waals surface area contributed by atoms with Gasteiger partial charge in [-0.15, -0.1) is 0 Å². The minimum Gasteiger partial charge on any atom is -0.359 e. The summed E-state index contributed by atoms with van der Waals surface area (Å²) < 4.78 is 41.5. The molecule has 220 valence electrons. The van der Waals surface area contributed by atoms with Gasteiger partial charge in [-0.2, -0.15) is 18.4 Å². The number of rotatable bonds is 11. The van der Waals surface area contributed by atoms with E-state index < -0.39 is 18.0 Å². The number of carbonyl (C=O) groups excluding carboxylic acids is 2. The number of nitrogens with one attached hydrogen (secondary N) is 1. The third-order valence-electron chi connectivity index (χ3n) is 8.08. The quantitative estimate of drug-likeness (QED) is 0.403. The number of piperidine rings is 1. The largest absolute Gasteiger partial charge is 0.451 e. The van der Waals surface area contributed by atoms with Crippen molar-refractivity contribution in [1.29, 1.82) is 5.26 Å². The van der Waals surface area contributed by atoms with Crippen LogP contribution in [0.5, 0.6) is 0 Å². The number of alkyl halides is 3. The molecule has 1 amide bonds. The van der Waals surface area contributed by atoms with Gasteiger partial charge < -0.3 is 15.1 Å². The highest BCUT2D eigenvalue weighted by Gasteiger charge is 2.38. The van der Waals surface area contributed by atoms with Crippen LogP contribution in [-0.4, -0.2) is 54.4 Å². The van der Waals surface area contributed by atoms with Gasteiger partial charge in [0.1, 0.15) is 11.6 Å². The third-order valence-corrected chi connectivity index (χ3v) is 8.08. The van der Waals surface area contributed by atoms with Crippen molar-refractivity contribution in [1.82, 2.24) is 15.3 Å². The van der Waals surface area contributed by atoms with Crippen molar-refractivity contribution in [2.24, 2.45) is 5.92 Å². The van der Waals surface area contributed by atoms with Gasteiger partial charge in [-0.3, -0.25) is 9.59 Å². The second-order valence-corrected chi connectivity index (χ2v) is 10.9. The number of hydrogen-bond donors (Lipinski definition) is 1. The Kier molecular flexibility index (Phi) is 10.2. The minimum absolute atomic E-state index is 0.00225. The van der Waals surface area contributed by atoms with Crippen LogP contribution in [0.2, 0.25) is 0 Å². The van der Waals surface area contributed by atoms with Crippen LogP contribution < -0.4 is 15.1 Å². The Balaban J connectivity index is 1.41. The summed E-state index contributed by atoms with van der Waals surface area (Å²) >= 11 is 0. The fraction of sp³-hybridized carbons (Fsp3) is 0.567. The molecule has 1 atom stereocenters. The van der Waals surface area contributed by atoms with Gasteiger partial charge in [0.15, 0.2) is 5.78 Å². The van der Waals surface area contributed by atoms with E-state index in [1.165, 1.54) is 0 Å². The van der Waals surface area contributed by atoms with E-state index in [-0.39, 0.29) is 23.3 Å². The summed E-state index contributed by atoms with van der Waals surface area (Å²) in [5, 5.41) is 11.6. The van der Waals surface area contributed by atoms with Crippen LogP contribution >= 0.6 is 0 Å². The Hall–Kier alpha value is -3.68. The van der Waals surface area contributed by atoms with Gasteiger partial charge in [0, 0.05) is 45.6 Å². The first kappa shape index (κ1) is 30.3. The number of aromatic nitrogens is 2. The normalized spacial score (nSPS) is 17.9. The van der Waals surface area contributed by atoms with Crippen molar-refractivity contribution in [2.75, 3.05) is 36.5 Å². The summed E-state index contributed by atoms with van der Waals surface area (Å²) in [7, 11) is 1.62. The van der Waals surface area contributed by atoms with E-state index in [4.69, 9.17) is 5.26 Å². The number of anilines is 2. The molecular weight excluding hydrogens is 533 g/mol. The highest BCUT2D eigenvalue weighted by atomic mass is 19.4. The van der Waals surface area contributed by atoms with Gasteiger partial charge in [-0.25, -0.2) is 9.97 Å². The summed E-state index contributed by atoms with van der Waals surface area (Å²) in [4.78, 5) is 36.0. The second-order valence-electron chi connectivity index (χ2n) is 10.9. The van der Waals surface area contributed by atoms with E-state index >= 15 is 0 Å². The standard InChI is InChI=1S/C30H37F3N6O2/c1-35-28(41)9-3-6-22-14-17-38(18-15-22)26-19-27(37-29(36-26)30(31,32)33)39-16-4-7-24(39)25(40)8-2-5-21-10-12-23(20-34)13-11-21/h10-13,19,22,24H,2-9,14-18H2,1H3,(H,35,41)/t24-/m0/s1. The third kappa shape index (κ3) is 8.18. The number of carbonyl (C=O) groups is 2. The molecule has 11 heteroatoms. The van der Waals surface area contributed by atoms with Crippen molar-refractivity contribution in [3.8, 4) is 6.07 Å². The first-order valence-corrected chi connectivity index (χ1v) is 14.4. The summed E-state index contributed by atoms with van der Waals surface area (Å²) in [5.41, 5.74) is 1.61.